The first-order chi connectivity index (χ1) is 7.46. The van der Waals surface area contributed by atoms with Crippen molar-refractivity contribution in [2.24, 2.45) is 11.7 Å². The van der Waals surface area contributed by atoms with E-state index < -0.39 is 17.3 Å². The first-order valence-corrected chi connectivity index (χ1v) is 5.76. The van der Waals surface area contributed by atoms with Gasteiger partial charge in [-0.1, -0.05) is 6.92 Å². The fraction of sp³-hybridized carbons (Fsp3) is 0.909. The second kappa shape index (κ2) is 3.98. The minimum Gasteiger partial charge on any atom is -0.480 e. The average molecular weight is 229 g/mol. The summed E-state index contributed by atoms with van der Waals surface area (Å²) in [6, 6.07) is 0. The summed E-state index contributed by atoms with van der Waals surface area (Å²) in [5.41, 5.74) is 4.71. The lowest BCUT2D eigenvalue weighted by molar-refractivity contribution is -0.296. The Morgan fingerprint density at radius 3 is 2.19 bits per heavy atom. The number of aliphatic carboxylic acids is 1. The van der Waals surface area contributed by atoms with E-state index in [9.17, 15) is 4.79 Å². The maximum atomic E-state index is 11.0. The zero-order valence-corrected chi connectivity index (χ0v) is 9.57. The molecule has 1 saturated heterocycles. The van der Waals surface area contributed by atoms with Crippen molar-refractivity contribution in [3.05, 3.63) is 0 Å². The van der Waals surface area contributed by atoms with Crippen molar-refractivity contribution in [2.75, 3.05) is 13.2 Å². The summed E-state index contributed by atoms with van der Waals surface area (Å²) in [6.07, 6.45) is 1.97. The predicted octanol–water partition coefficient (Wildman–Crippen LogP) is 0.722. The Morgan fingerprint density at radius 1 is 1.25 bits per heavy atom. The van der Waals surface area contributed by atoms with Gasteiger partial charge in [-0.2, -0.15) is 0 Å². The van der Waals surface area contributed by atoms with Gasteiger partial charge in [-0.3, -0.25) is 4.79 Å². The van der Waals surface area contributed by atoms with Crippen molar-refractivity contribution in [2.45, 2.75) is 43.9 Å². The highest BCUT2D eigenvalue weighted by Gasteiger charge is 2.47. The molecule has 1 aliphatic carbocycles. The van der Waals surface area contributed by atoms with Crippen molar-refractivity contribution < 1.29 is 19.4 Å². The molecule has 3 N–H and O–H groups in total. The van der Waals surface area contributed by atoms with Gasteiger partial charge >= 0.3 is 5.97 Å². The fourth-order valence-electron chi connectivity index (χ4n) is 2.26. The molecule has 5 nitrogen and oxygen atoms in total. The quantitative estimate of drug-likeness (QED) is 0.692. The molecule has 0 atom stereocenters. The van der Waals surface area contributed by atoms with Crippen molar-refractivity contribution in [3.63, 3.8) is 0 Å². The van der Waals surface area contributed by atoms with Gasteiger partial charge < -0.3 is 20.3 Å². The van der Waals surface area contributed by atoms with Gasteiger partial charge in [-0.25, -0.2) is 0 Å². The van der Waals surface area contributed by atoms with Crippen molar-refractivity contribution in [1.82, 2.24) is 0 Å². The van der Waals surface area contributed by atoms with E-state index in [1.54, 1.807) is 0 Å². The molecule has 16 heavy (non-hydrogen) atoms. The van der Waals surface area contributed by atoms with Gasteiger partial charge in [0.1, 0.15) is 5.54 Å². The van der Waals surface area contributed by atoms with Crippen LogP contribution in [0.1, 0.15) is 32.6 Å². The molecule has 5 heteroatoms. The van der Waals surface area contributed by atoms with Gasteiger partial charge in [-0.05, 0) is 12.8 Å². The molecule has 0 radical (unpaired) electrons. The van der Waals surface area contributed by atoms with E-state index in [4.69, 9.17) is 20.3 Å². The minimum atomic E-state index is -1.10. The molecule has 0 amide bonds. The van der Waals surface area contributed by atoms with E-state index >= 15 is 0 Å². The number of hydrogen-bond donors (Lipinski definition) is 2. The third-order valence-corrected chi connectivity index (χ3v) is 3.59. The van der Waals surface area contributed by atoms with Crippen molar-refractivity contribution in [1.29, 1.82) is 0 Å². The Labute approximate surface area is 94.9 Å². The zero-order valence-electron chi connectivity index (χ0n) is 9.57. The Kier molecular flexibility index (Phi) is 2.94. The molecular weight excluding hydrogens is 210 g/mol. The summed E-state index contributed by atoms with van der Waals surface area (Å²) >= 11 is 0. The van der Waals surface area contributed by atoms with Crippen LogP contribution in [0.15, 0.2) is 0 Å². The summed E-state index contributed by atoms with van der Waals surface area (Å²) in [6.45, 7) is 3.44. The van der Waals surface area contributed by atoms with E-state index in [0.29, 0.717) is 44.8 Å². The number of nitrogens with two attached hydrogens (primary N) is 1. The van der Waals surface area contributed by atoms with Crippen molar-refractivity contribution >= 4 is 5.97 Å². The highest BCUT2D eigenvalue weighted by Crippen LogP contribution is 2.39. The van der Waals surface area contributed by atoms with Crippen LogP contribution in [0.25, 0.3) is 0 Å². The predicted molar refractivity (Wildman–Crippen MR) is 56.8 cm³/mol. The second-order valence-electron chi connectivity index (χ2n) is 5.10. The molecule has 0 aromatic heterocycles. The van der Waals surface area contributed by atoms with E-state index in [1.165, 1.54) is 0 Å². The minimum absolute atomic E-state index is 0.412. The fourth-order valence-corrected chi connectivity index (χ4v) is 2.26. The maximum absolute atomic E-state index is 11.0. The van der Waals surface area contributed by atoms with E-state index in [2.05, 4.69) is 6.92 Å². The Bertz CT molecular complexity index is 274. The number of carbonyl (C=O) groups is 1. The van der Waals surface area contributed by atoms with E-state index in [-0.39, 0.29) is 0 Å². The van der Waals surface area contributed by atoms with Crippen LogP contribution < -0.4 is 5.73 Å². The number of carboxylic acids is 1. The third kappa shape index (κ3) is 2.07. The summed E-state index contributed by atoms with van der Waals surface area (Å²) in [7, 11) is 0. The molecule has 1 saturated carbocycles. The van der Waals surface area contributed by atoms with Gasteiger partial charge in [0.15, 0.2) is 5.79 Å². The van der Waals surface area contributed by atoms with E-state index in [0.717, 1.165) is 0 Å². The van der Waals surface area contributed by atoms with E-state index in [1.807, 2.05) is 0 Å². The van der Waals surface area contributed by atoms with Crippen LogP contribution in [-0.2, 0) is 14.3 Å². The van der Waals surface area contributed by atoms with Crippen LogP contribution in [0.4, 0.5) is 0 Å². The maximum Gasteiger partial charge on any atom is 0.323 e. The molecule has 0 bridgehead atoms. The zero-order chi connectivity index (χ0) is 11.8. The lowest BCUT2D eigenvalue weighted by Gasteiger charge is -2.45. The Balaban J connectivity index is 1.96. The molecule has 2 fully saturated rings. The monoisotopic (exact) mass is 229 g/mol. The molecular formula is C11H19NO4. The number of ether oxygens (including phenoxy) is 2. The summed E-state index contributed by atoms with van der Waals surface area (Å²) in [4.78, 5) is 11.0. The third-order valence-electron chi connectivity index (χ3n) is 3.59. The second-order valence-corrected chi connectivity index (χ2v) is 5.10. The van der Waals surface area contributed by atoms with Gasteiger partial charge in [0.05, 0.1) is 13.2 Å². The largest absolute Gasteiger partial charge is 0.480 e. The smallest absolute Gasteiger partial charge is 0.323 e. The molecule has 1 heterocycles. The average Bonchev–Trinajstić information content (AvgIpc) is 2.27. The topological polar surface area (TPSA) is 81.8 Å². The molecule has 0 unspecified atom stereocenters. The van der Waals surface area contributed by atoms with Gasteiger partial charge in [0, 0.05) is 18.8 Å². The summed E-state index contributed by atoms with van der Waals surface area (Å²) in [5, 5.41) is 9.02. The molecule has 1 spiro atoms. The van der Waals surface area contributed by atoms with Crippen LogP contribution >= 0.6 is 0 Å². The summed E-state index contributed by atoms with van der Waals surface area (Å²) in [5.74, 6) is -1.08. The Morgan fingerprint density at radius 2 is 1.75 bits per heavy atom. The number of carboxylic acid groups (broad SMARTS) is 1. The van der Waals surface area contributed by atoms with Crippen LogP contribution in [0.2, 0.25) is 0 Å². The van der Waals surface area contributed by atoms with Gasteiger partial charge in [0.25, 0.3) is 0 Å². The number of hydrogen-bond acceptors (Lipinski definition) is 4. The molecule has 2 aliphatic rings. The van der Waals surface area contributed by atoms with Crippen LogP contribution in [0.3, 0.4) is 0 Å². The molecule has 1 aliphatic heterocycles. The lowest BCUT2D eigenvalue weighted by Crippen LogP contribution is -2.56. The van der Waals surface area contributed by atoms with Crippen LogP contribution in [0, 0.1) is 5.92 Å². The highest BCUT2D eigenvalue weighted by atomic mass is 16.7. The first-order valence-electron chi connectivity index (χ1n) is 5.76. The highest BCUT2D eigenvalue weighted by molar-refractivity contribution is 5.78. The molecule has 0 aromatic rings. The number of rotatable bonds is 1. The van der Waals surface area contributed by atoms with Crippen LogP contribution in [0.5, 0.6) is 0 Å². The Hall–Kier alpha value is -0.650. The van der Waals surface area contributed by atoms with Crippen molar-refractivity contribution in [3.8, 4) is 0 Å². The molecule has 0 aromatic carbocycles. The van der Waals surface area contributed by atoms with Crippen LogP contribution in [-0.4, -0.2) is 35.6 Å². The van der Waals surface area contributed by atoms with Gasteiger partial charge in [-0.15, -0.1) is 0 Å². The van der Waals surface area contributed by atoms with Gasteiger partial charge in [0.2, 0.25) is 0 Å². The lowest BCUT2D eigenvalue weighted by atomic mass is 9.79. The standard InChI is InChI=1S/C11H19NO4/c1-8-6-15-11(16-7-8)4-2-10(12,3-5-11)9(13)14/h8H,2-7,12H2,1H3,(H,13,14). The molecule has 2 rings (SSSR count). The SMILES string of the molecule is CC1COC2(CCC(N)(C(=O)O)CC2)OC1. The first kappa shape index (κ1) is 11.8. The molecule has 92 valence electrons. The normalized spacial score (nSPS) is 44.5. The summed E-state index contributed by atoms with van der Waals surface area (Å²) < 4.78 is 11.4.